The van der Waals surface area contributed by atoms with Crippen LogP contribution in [0.3, 0.4) is 0 Å². The number of rotatable bonds is 6. The molecule has 0 unspecified atom stereocenters. The fraction of sp³-hybridized carbons (Fsp3) is 0.136. The maximum Gasteiger partial charge on any atom is 0.247 e. The van der Waals surface area contributed by atoms with Crippen LogP contribution in [0.5, 0.6) is 5.75 Å². The van der Waals surface area contributed by atoms with E-state index in [1.54, 1.807) is 36.4 Å². The Morgan fingerprint density at radius 2 is 1.83 bits per heavy atom. The SMILES string of the molecule is Cc1cc(C(=O)COc2ccc(-c3nnco3)cc2)c(C)n1-c1ccc(F)cc1. The Morgan fingerprint density at radius 1 is 1.10 bits per heavy atom. The van der Waals surface area contributed by atoms with Crippen LogP contribution in [0, 0.1) is 19.7 Å². The summed E-state index contributed by atoms with van der Waals surface area (Å²) in [7, 11) is 0. The van der Waals surface area contributed by atoms with Gasteiger partial charge in [0.2, 0.25) is 18.1 Å². The van der Waals surface area contributed by atoms with Gasteiger partial charge in [-0.1, -0.05) is 0 Å². The Hall–Kier alpha value is -3.74. The highest BCUT2D eigenvalue weighted by molar-refractivity contribution is 5.98. The number of ether oxygens (including phenoxy) is 1. The largest absolute Gasteiger partial charge is 0.485 e. The molecule has 0 radical (unpaired) electrons. The number of hydrogen-bond donors (Lipinski definition) is 0. The van der Waals surface area contributed by atoms with Crippen LogP contribution in [-0.2, 0) is 0 Å². The monoisotopic (exact) mass is 391 g/mol. The maximum atomic E-state index is 13.2. The fourth-order valence-electron chi connectivity index (χ4n) is 3.25. The lowest BCUT2D eigenvalue weighted by atomic mass is 10.1. The van der Waals surface area contributed by atoms with Crippen LogP contribution in [-0.4, -0.2) is 27.2 Å². The molecule has 0 aliphatic carbocycles. The quantitative estimate of drug-likeness (QED) is 0.451. The highest BCUT2D eigenvalue weighted by atomic mass is 19.1. The third-order valence-corrected chi connectivity index (χ3v) is 4.65. The molecule has 0 saturated carbocycles. The summed E-state index contributed by atoms with van der Waals surface area (Å²) in [4.78, 5) is 12.7. The smallest absolute Gasteiger partial charge is 0.247 e. The number of aryl methyl sites for hydroxylation is 1. The molecule has 7 heteroatoms. The number of Topliss-reactive ketones (excluding diaryl/α,β-unsaturated/α-hetero) is 1. The summed E-state index contributed by atoms with van der Waals surface area (Å²) in [5, 5.41) is 7.49. The lowest BCUT2D eigenvalue weighted by Crippen LogP contribution is -2.12. The molecule has 4 aromatic rings. The van der Waals surface area contributed by atoms with Gasteiger partial charge < -0.3 is 13.7 Å². The van der Waals surface area contributed by atoms with Crippen molar-refractivity contribution in [2.45, 2.75) is 13.8 Å². The number of benzene rings is 2. The van der Waals surface area contributed by atoms with E-state index in [0.717, 1.165) is 22.6 Å². The van der Waals surface area contributed by atoms with Gasteiger partial charge >= 0.3 is 0 Å². The lowest BCUT2D eigenvalue weighted by Gasteiger charge is -2.10. The van der Waals surface area contributed by atoms with Crippen LogP contribution < -0.4 is 4.74 Å². The van der Waals surface area contributed by atoms with E-state index in [4.69, 9.17) is 9.15 Å². The third kappa shape index (κ3) is 3.80. The van der Waals surface area contributed by atoms with Gasteiger partial charge in [0.15, 0.2) is 6.61 Å². The number of aromatic nitrogens is 3. The zero-order valence-electron chi connectivity index (χ0n) is 15.9. The van der Waals surface area contributed by atoms with E-state index >= 15 is 0 Å². The second-order valence-electron chi connectivity index (χ2n) is 6.58. The van der Waals surface area contributed by atoms with Crippen molar-refractivity contribution in [2.75, 3.05) is 6.61 Å². The first-order valence-electron chi connectivity index (χ1n) is 9.00. The number of halogens is 1. The van der Waals surface area contributed by atoms with Gasteiger partial charge in [-0.3, -0.25) is 4.79 Å². The first-order valence-corrected chi connectivity index (χ1v) is 9.00. The second kappa shape index (κ2) is 7.71. The van der Waals surface area contributed by atoms with Gasteiger partial charge in [0.25, 0.3) is 0 Å². The molecular weight excluding hydrogens is 373 g/mol. The average molecular weight is 391 g/mol. The fourth-order valence-corrected chi connectivity index (χ4v) is 3.25. The molecule has 29 heavy (non-hydrogen) atoms. The van der Waals surface area contributed by atoms with Crippen LogP contribution in [0.2, 0.25) is 0 Å². The van der Waals surface area contributed by atoms with Gasteiger partial charge in [-0.05, 0) is 68.4 Å². The molecule has 146 valence electrons. The molecule has 0 atom stereocenters. The van der Waals surface area contributed by atoms with Crippen molar-refractivity contribution >= 4 is 5.78 Å². The van der Waals surface area contributed by atoms with Crippen molar-refractivity contribution in [3.8, 4) is 22.9 Å². The van der Waals surface area contributed by atoms with Crippen molar-refractivity contribution < 1.29 is 18.3 Å². The van der Waals surface area contributed by atoms with Crippen LogP contribution in [0.1, 0.15) is 21.7 Å². The van der Waals surface area contributed by atoms with Crippen LogP contribution >= 0.6 is 0 Å². The van der Waals surface area contributed by atoms with E-state index in [0.29, 0.717) is 17.2 Å². The number of ketones is 1. The number of hydrogen-bond acceptors (Lipinski definition) is 5. The van der Waals surface area contributed by atoms with Crippen LogP contribution in [0.25, 0.3) is 17.1 Å². The Morgan fingerprint density at radius 3 is 2.48 bits per heavy atom. The molecule has 4 rings (SSSR count). The summed E-state index contributed by atoms with van der Waals surface area (Å²) in [5.41, 5.74) is 3.83. The lowest BCUT2D eigenvalue weighted by molar-refractivity contribution is 0.0921. The molecular formula is C22H18FN3O3. The topological polar surface area (TPSA) is 70.2 Å². The van der Waals surface area contributed by atoms with E-state index in [9.17, 15) is 9.18 Å². The molecule has 2 aromatic carbocycles. The minimum Gasteiger partial charge on any atom is -0.485 e. The second-order valence-corrected chi connectivity index (χ2v) is 6.58. The molecule has 6 nitrogen and oxygen atoms in total. The molecule has 0 aliphatic heterocycles. The van der Waals surface area contributed by atoms with Crippen LogP contribution in [0.15, 0.2) is 65.4 Å². The zero-order valence-corrected chi connectivity index (χ0v) is 15.9. The third-order valence-electron chi connectivity index (χ3n) is 4.65. The van der Waals surface area contributed by atoms with Gasteiger partial charge in [0, 0.05) is 28.2 Å². The van der Waals surface area contributed by atoms with Gasteiger partial charge in [0.1, 0.15) is 11.6 Å². The Labute approximate surface area is 166 Å². The summed E-state index contributed by atoms with van der Waals surface area (Å²) in [6.07, 6.45) is 1.26. The molecule has 2 heterocycles. The van der Waals surface area contributed by atoms with Crippen molar-refractivity contribution in [1.29, 1.82) is 0 Å². The minimum atomic E-state index is -0.300. The van der Waals surface area contributed by atoms with Crippen molar-refractivity contribution in [1.82, 2.24) is 14.8 Å². The van der Waals surface area contributed by atoms with E-state index in [2.05, 4.69) is 10.2 Å². The summed E-state index contributed by atoms with van der Waals surface area (Å²) >= 11 is 0. The Bertz CT molecular complexity index is 1130. The van der Waals surface area contributed by atoms with E-state index < -0.39 is 0 Å². The molecule has 0 saturated heterocycles. The standard InChI is InChI=1S/C22H18FN3O3/c1-14-11-20(15(2)26(14)18-7-5-17(23)6-8-18)21(27)12-28-19-9-3-16(4-10-19)22-25-24-13-29-22/h3-11,13H,12H2,1-2H3. The maximum absolute atomic E-state index is 13.2. The highest BCUT2D eigenvalue weighted by Gasteiger charge is 2.17. The van der Waals surface area contributed by atoms with Crippen molar-refractivity contribution in [3.63, 3.8) is 0 Å². The first kappa shape index (κ1) is 18.6. The Kier molecular flexibility index (Phi) is 4.95. The van der Waals surface area contributed by atoms with Gasteiger partial charge in [-0.2, -0.15) is 0 Å². The number of carbonyl (C=O) groups excluding carboxylic acids is 1. The molecule has 0 fully saturated rings. The van der Waals surface area contributed by atoms with Crippen molar-refractivity contribution in [2.24, 2.45) is 0 Å². The van der Waals surface area contributed by atoms with Gasteiger partial charge in [-0.25, -0.2) is 4.39 Å². The predicted molar refractivity (Wildman–Crippen MR) is 105 cm³/mol. The summed E-state index contributed by atoms with van der Waals surface area (Å²) < 4.78 is 25.9. The van der Waals surface area contributed by atoms with Crippen LogP contribution in [0.4, 0.5) is 4.39 Å². The Balaban J connectivity index is 1.47. The summed E-state index contributed by atoms with van der Waals surface area (Å²) in [5.74, 6) is 0.549. The minimum absolute atomic E-state index is 0.0897. The number of nitrogens with zero attached hydrogens (tertiary/aromatic N) is 3. The average Bonchev–Trinajstić information content (AvgIpc) is 3.36. The van der Waals surface area contributed by atoms with E-state index in [1.165, 1.54) is 18.5 Å². The normalized spacial score (nSPS) is 10.9. The highest BCUT2D eigenvalue weighted by Crippen LogP contribution is 2.23. The first-order chi connectivity index (χ1) is 14.0. The molecule has 0 spiro atoms. The van der Waals surface area contributed by atoms with Gasteiger partial charge in [-0.15, -0.1) is 10.2 Å². The summed E-state index contributed by atoms with van der Waals surface area (Å²) in [6.45, 7) is 3.68. The van der Waals surface area contributed by atoms with E-state index in [-0.39, 0.29) is 18.2 Å². The molecule has 0 N–H and O–H groups in total. The van der Waals surface area contributed by atoms with Crippen molar-refractivity contribution in [3.05, 3.63) is 83.8 Å². The molecule has 0 bridgehead atoms. The number of carbonyl (C=O) groups is 1. The molecule has 0 aliphatic rings. The molecule has 0 amide bonds. The van der Waals surface area contributed by atoms with Gasteiger partial charge in [0.05, 0.1) is 0 Å². The molecule has 2 aromatic heterocycles. The van der Waals surface area contributed by atoms with E-state index in [1.807, 2.05) is 24.5 Å². The zero-order chi connectivity index (χ0) is 20.4. The predicted octanol–water partition coefficient (Wildman–Crippen LogP) is 4.54. The summed E-state index contributed by atoms with van der Waals surface area (Å²) in [6, 6.07) is 15.1.